The Balaban J connectivity index is 2.04. The Kier molecular flexibility index (Phi) is 5.25. The van der Waals surface area contributed by atoms with Crippen LogP contribution in [0.5, 0.6) is 0 Å². The van der Waals surface area contributed by atoms with Crippen LogP contribution in [0.3, 0.4) is 0 Å². The number of amides is 1. The largest absolute Gasteiger partial charge is 0.321 e. The third-order valence-corrected chi connectivity index (χ3v) is 4.08. The number of aryl methyl sites for hydroxylation is 1. The van der Waals surface area contributed by atoms with Gasteiger partial charge in [-0.25, -0.2) is 0 Å². The zero-order valence-electron chi connectivity index (χ0n) is 10.2. The Bertz CT molecular complexity index is 568. The molecule has 0 radical (unpaired) electrons. The zero-order valence-corrected chi connectivity index (χ0v) is 12.5. The number of benzene rings is 1. The molecule has 0 aliphatic heterocycles. The van der Waals surface area contributed by atoms with Crippen LogP contribution in [-0.4, -0.2) is 11.8 Å². The van der Waals surface area contributed by atoms with Crippen LogP contribution in [0, 0.1) is 0 Å². The summed E-state index contributed by atoms with van der Waals surface area (Å²) < 4.78 is 0.612. The SMILES string of the molecule is O=C(Nc1cccc(CCCCl)c1)c1ccc(Cl)s1. The van der Waals surface area contributed by atoms with E-state index in [-0.39, 0.29) is 5.91 Å². The van der Waals surface area contributed by atoms with E-state index in [0.717, 1.165) is 18.5 Å². The first-order valence-electron chi connectivity index (χ1n) is 5.90. The van der Waals surface area contributed by atoms with Crippen molar-refractivity contribution in [1.29, 1.82) is 0 Å². The van der Waals surface area contributed by atoms with Crippen molar-refractivity contribution >= 4 is 46.1 Å². The van der Waals surface area contributed by atoms with Gasteiger partial charge in [0.2, 0.25) is 0 Å². The van der Waals surface area contributed by atoms with Gasteiger partial charge < -0.3 is 5.32 Å². The average molecular weight is 314 g/mol. The van der Waals surface area contributed by atoms with Gasteiger partial charge in [-0.05, 0) is 42.7 Å². The van der Waals surface area contributed by atoms with Crippen LogP contribution >= 0.6 is 34.5 Å². The zero-order chi connectivity index (χ0) is 13.7. The lowest BCUT2D eigenvalue weighted by atomic mass is 10.1. The van der Waals surface area contributed by atoms with Crippen molar-refractivity contribution in [3.8, 4) is 0 Å². The van der Waals surface area contributed by atoms with Gasteiger partial charge in [0.05, 0.1) is 9.21 Å². The van der Waals surface area contributed by atoms with E-state index in [1.165, 1.54) is 16.9 Å². The van der Waals surface area contributed by atoms with Gasteiger partial charge in [0.15, 0.2) is 0 Å². The molecular weight excluding hydrogens is 301 g/mol. The predicted molar refractivity (Wildman–Crippen MR) is 82.8 cm³/mol. The maximum Gasteiger partial charge on any atom is 0.265 e. The second-order valence-corrected chi connectivity index (χ2v) is 6.14. The van der Waals surface area contributed by atoms with Crippen LogP contribution in [0.1, 0.15) is 21.7 Å². The lowest BCUT2D eigenvalue weighted by Gasteiger charge is -2.06. The van der Waals surface area contributed by atoms with Gasteiger partial charge in [-0.3, -0.25) is 4.79 Å². The van der Waals surface area contributed by atoms with Crippen LogP contribution in [0.2, 0.25) is 4.34 Å². The number of hydrogen-bond donors (Lipinski definition) is 1. The highest BCUT2D eigenvalue weighted by Gasteiger charge is 2.09. The topological polar surface area (TPSA) is 29.1 Å². The van der Waals surface area contributed by atoms with Crippen molar-refractivity contribution in [2.75, 3.05) is 11.2 Å². The molecule has 1 aromatic carbocycles. The molecule has 0 saturated heterocycles. The molecule has 0 unspecified atom stereocenters. The van der Waals surface area contributed by atoms with Crippen LogP contribution in [0.15, 0.2) is 36.4 Å². The molecule has 0 fully saturated rings. The fourth-order valence-corrected chi connectivity index (χ4v) is 2.78. The molecule has 0 saturated carbocycles. The van der Waals surface area contributed by atoms with E-state index in [0.29, 0.717) is 15.1 Å². The molecule has 0 aliphatic carbocycles. The fraction of sp³-hybridized carbons (Fsp3) is 0.214. The minimum absolute atomic E-state index is 0.133. The number of rotatable bonds is 5. The van der Waals surface area contributed by atoms with Crippen molar-refractivity contribution in [3.63, 3.8) is 0 Å². The molecule has 2 nitrogen and oxygen atoms in total. The molecule has 0 aliphatic rings. The Morgan fingerprint density at radius 3 is 2.79 bits per heavy atom. The number of halogens is 2. The quantitative estimate of drug-likeness (QED) is 0.787. The predicted octanol–water partition coefficient (Wildman–Crippen LogP) is 4.83. The third kappa shape index (κ3) is 4.23. The van der Waals surface area contributed by atoms with Crippen molar-refractivity contribution < 1.29 is 4.79 Å². The summed E-state index contributed by atoms with van der Waals surface area (Å²) in [4.78, 5) is 12.6. The van der Waals surface area contributed by atoms with E-state index in [9.17, 15) is 4.79 Å². The Morgan fingerprint density at radius 2 is 2.11 bits per heavy atom. The number of anilines is 1. The molecule has 2 rings (SSSR count). The Labute approximate surface area is 126 Å². The van der Waals surface area contributed by atoms with Crippen molar-refractivity contribution in [3.05, 3.63) is 51.2 Å². The first kappa shape index (κ1) is 14.4. The van der Waals surface area contributed by atoms with Crippen molar-refractivity contribution in [1.82, 2.24) is 0 Å². The van der Waals surface area contributed by atoms with E-state index >= 15 is 0 Å². The average Bonchev–Trinajstić information content (AvgIpc) is 2.83. The maximum absolute atomic E-state index is 12.0. The molecule has 2 aromatic rings. The summed E-state index contributed by atoms with van der Waals surface area (Å²) in [7, 11) is 0. The van der Waals surface area contributed by atoms with Crippen LogP contribution < -0.4 is 5.32 Å². The monoisotopic (exact) mass is 313 g/mol. The lowest BCUT2D eigenvalue weighted by Crippen LogP contribution is -2.10. The highest BCUT2D eigenvalue weighted by atomic mass is 35.5. The summed E-state index contributed by atoms with van der Waals surface area (Å²) in [5, 5.41) is 2.87. The second kappa shape index (κ2) is 6.94. The molecule has 0 bridgehead atoms. The summed E-state index contributed by atoms with van der Waals surface area (Å²) in [5.74, 6) is 0.510. The van der Waals surface area contributed by atoms with E-state index in [1.807, 2.05) is 24.3 Å². The molecular formula is C14H13Cl2NOS. The smallest absolute Gasteiger partial charge is 0.265 e. The Morgan fingerprint density at radius 1 is 1.26 bits per heavy atom. The van der Waals surface area contributed by atoms with Crippen molar-refractivity contribution in [2.24, 2.45) is 0 Å². The molecule has 1 aromatic heterocycles. The molecule has 0 atom stereocenters. The van der Waals surface area contributed by atoms with Gasteiger partial charge in [0, 0.05) is 11.6 Å². The van der Waals surface area contributed by atoms with Crippen molar-refractivity contribution in [2.45, 2.75) is 12.8 Å². The third-order valence-electron chi connectivity index (χ3n) is 2.58. The van der Waals surface area contributed by atoms with Crippen LogP contribution in [-0.2, 0) is 6.42 Å². The molecule has 1 heterocycles. The summed E-state index contributed by atoms with van der Waals surface area (Å²) in [6.07, 6.45) is 1.84. The number of thiophene rings is 1. The number of nitrogens with one attached hydrogen (secondary N) is 1. The summed E-state index contributed by atoms with van der Waals surface area (Å²) in [5.41, 5.74) is 1.96. The van der Waals surface area contributed by atoms with Gasteiger partial charge in [-0.2, -0.15) is 0 Å². The van der Waals surface area contributed by atoms with Gasteiger partial charge in [-0.15, -0.1) is 22.9 Å². The number of alkyl halides is 1. The lowest BCUT2D eigenvalue weighted by molar-refractivity contribution is 0.103. The summed E-state index contributed by atoms with van der Waals surface area (Å²) in [6, 6.07) is 11.2. The van der Waals surface area contributed by atoms with Gasteiger partial charge in [-0.1, -0.05) is 23.7 Å². The molecule has 1 N–H and O–H groups in total. The first-order chi connectivity index (χ1) is 9.19. The number of hydrogen-bond acceptors (Lipinski definition) is 2. The number of carbonyl (C=O) groups is 1. The van der Waals surface area contributed by atoms with Crippen LogP contribution in [0.4, 0.5) is 5.69 Å². The van der Waals surface area contributed by atoms with E-state index in [2.05, 4.69) is 5.32 Å². The van der Waals surface area contributed by atoms with Gasteiger partial charge in [0.1, 0.15) is 0 Å². The summed E-state index contributed by atoms with van der Waals surface area (Å²) >= 11 is 12.8. The van der Waals surface area contributed by atoms with E-state index in [4.69, 9.17) is 23.2 Å². The molecule has 1 amide bonds. The first-order valence-corrected chi connectivity index (χ1v) is 7.63. The van der Waals surface area contributed by atoms with Gasteiger partial charge in [0.25, 0.3) is 5.91 Å². The molecule has 0 spiro atoms. The van der Waals surface area contributed by atoms with Crippen LogP contribution in [0.25, 0.3) is 0 Å². The maximum atomic E-state index is 12.0. The summed E-state index contributed by atoms with van der Waals surface area (Å²) in [6.45, 7) is 0. The molecule has 100 valence electrons. The molecule has 5 heteroatoms. The second-order valence-electron chi connectivity index (χ2n) is 4.05. The normalized spacial score (nSPS) is 10.4. The molecule has 19 heavy (non-hydrogen) atoms. The Hall–Kier alpha value is -1.03. The van der Waals surface area contributed by atoms with E-state index < -0.39 is 0 Å². The van der Waals surface area contributed by atoms with Gasteiger partial charge >= 0.3 is 0 Å². The van der Waals surface area contributed by atoms with E-state index in [1.54, 1.807) is 12.1 Å². The fourth-order valence-electron chi connectivity index (χ4n) is 1.70. The highest BCUT2D eigenvalue weighted by Crippen LogP contribution is 2.22. The minimum Gasteiger partial charge on any atom is -0.321 e. The standard InChI is InChI=1S/C14H13Cl2NOS/c15-8-2-4-10-3-1-5-11(9-10)17-14(18)12-6-7-13(16)19-12/h1,3,5-7,9H,2,4,8H2,(H,17,18). The number of carbonyl (C=O) groups excluding carboxylic acids is 1. The minimum atomic E-state index is -0.133. The highest BCUT2D eigenvalue weighted by molar-refractivity contribution is 7.18.